The Labute approximate surface area is 148 Å². The van der Waals surface area contributed by atoms with Crippen molar-refractivity contribution in [3.05, 3.63) is 16.0 Å². The van der Waals surface area contributed by atoms with E-state index in [1.165, 1.54) is 49.2 Å². The molecule has 0 radical (unpaired) electrons. The van der Waals surface area contributed by atoms with E-state index in [2.05, 4.69) is 18.3 Å². The first-order valence-electron chi connectivity index (χ1n) is 9.35. The van der Waals surface area contributed by atoms with Gasteiger partial charge in [-0.15, -0.1) is 11.3 Å². The van der Waals surface area contributed by atoms with Gasteiger partial charge in [0.05, 0.1) is 31.6 Å². The van der Waals surface area contributed by atoms with Crippen molar-refractivity contribution in [2.45, 2.75) is 58.3 Å². The van der Waals surface area contributed by atoms with Crippen molar-refractivity contribution in [3.63, 3.8) is 0 Å². The fraction of sp³-hybridized carbons (Fsp3) is 0.684. The number of thiophene rings is 1. The standard InChI is InChI=1S/C19H27N3OS/c1-14-6-7-15-16(13-20)19(24-17(15)12-14)21-18(23)8-11-22-9-4-2-3-5-10-22/h14H,2-12H2,1H3,(H,21,23)/p+1. The third kappa shape index (κ3) is 4.17. The van der Waals surface area contributed by atoms with Gasteiger partial charge in [-0.3, -0.25) is 4.79 Å². The summed E-state index contributed by atoms with van der Waals surface area (Å²) >= 11 is 1.62. The van der Waals surface area contributed by atoms with Gasteiger partial charge in [0.2, 0.25) is 5.91 Å². The molecule has 0 aromatic carbocycles. The average molecular weight is 347 g/mol. The number of nitriles is 1. The van der Waals surface area contributed by atoms with Crippen LogP contribution in [-0.4, -0.2) is 25.5 Å². The van der Waals surface area contributed by atoms with Gasteiger partial charge in [0.15, 0.2) is 0 Å². The molecule has 1 aromatic heterocycles. The van der Waals surface area contributed by atoms with Crippen LogP contribution >= 0.6 is 11.3 Å². The van der Waals surface area contributed by atoms with E-state index >= 15 is 0 Å². The van der Waals surface area contributed by atoms with Crippen LogP contribution in [0.25, 0.3) is 0 Å². The van der Waals surface area contributed by atoms with Crippen LogP contribution in [-0.2, 0) is 17.6 Å². The second-order valence-corrected chi connectivity index (χ2v) is 8.49. The molecule has 3 rings (SSSR count). The molecule has 1 aliphatic heterocycles. The van der Waals surface area contributed by atoms with E-state index < -0.39 is 0 Å². The molecule has 1 atom stereocenters. The third-order valence-corrected chi connectivity index (χ3v) is 6.56. The predicted molar refractivity (Wildman–Crippen MR) is 97.5 cm³/mol. The molecule has 130 valence electrons. The summed E-state index contributed by atoms with van der Waals surface area (Å²) in [5, 5.41) is 13.3. The number of carbonyl (C=O) groups is 1. The SMILES string of the molecule is CC1CCc2c(sc(NC(=O)CC[NH+]3CCCCCC3)c2C#N)C1. The first-order valence-corrected chi connectivity index (χ1v) is 10.2. The van der Waals surface area contributed by atoms with Gasteiger partial charge in [0, 0.05) is 4.88 Å². The minimum Gasteiger partial charge on any atom is -0.335 e. The van der Waals surface area contributed by atoms with E-state index in [-0.39, 0.29) is 5.91 Å². The molecule has 1 amide bonds. The summed E-state index contributed by atoms with van der Waals surface area (Å²) in [5.41, 5.74) is 1.91. The highest BCUT2D eigenvalue weighted by Gasteiger charge is 2.25. The topological polar surface area (TPSA) is 57.3 Å². The molecule has 1 unspecified atom stereocenters. The summed E-state index contributed by atoms with van der Waals surface area (Å²) in [6.07, 6.45) is 8.95. The molecule has 0 saturated carbocycles. The number of nitrogens with zero attached hydrogens (tertiary/aromatic N) is 1. The average Bonchev–Trinajstić information content (AvgIpc) is 2.73. The Kier molecular flexibility index (Phi) is 5.91. The molecule has 5 heteroatoms. The minimum absolute atomic E-state index is 0.0647. The molecule has 1 fully saturated rings. The zero-order valence-corrected chi connectivity index (χ0v) is 15.4. The Morgan fingerprint density at radius 3 is 2.79 bits per heavy atom. The number of rotatable bonds is 4. The second-order valence-electron chi connectivity index (χ2n) is 7.38. The van der Waals surface area contributed by atoms with Gasteiger partial charge in [0.25, 0.3) is 0 Å². The summed E-state index contributed by atoms with van der Waals surface area (Å²) in [6, 6.07) is 2.33. The van der Waals surface area contributed by atoms with Gasteiger partial charge in [-0.25, -0.2) is 0 Å². The number of anilines is 1. The normalized spacial score (nSPS) is 21.6. The third-order valence-electron chi connectivity index (χ3n) is 5.39. The van der Waals surface area contributed by atoms with Crippen LogP contribution < -0.4 is 10.2 Å². The summed E-state index contributed by atoms with van der Waals surface area (Å²) in [6.45, 7) is 5.57. The Balaban J connectivity index is 1.59. The lowest BCUT2D eigenvalue weighted by Gasteiger charge is -2.17. The van der Waals surface area contributed by atoms with Gasteiger partial charge in [-0.2, -0.15) is 5.26 Å². The Bertz CT molecular complexity index is 623. The highest BCUT2D eigenvalue weighted by molar-refractivity contribution is 7.16. The highest BCUT2D eigenvalue weighted by atomic mass is 32.1. The smallest absolute Gasteiger partial charge is 0.230 e. The quantitative estimate of drug-likeness (QED) is 0.880. The molecule has 24 heavy (non-hydrogen) atoms. The maximum atomic E-state index is 12.4. The molecule has 1 aliphatic carbocycles. The van der Waals surface area contributed by atoms with Crippen LogP contribution in [0.2, 0.25) is 0 Å². The van der Waals surface area contributed by atoms with Crippen LogP contribution in [0.1, 0.15) is 61.5 Å². The predicted octanol–water partition coefficient (Wildman–Crippen LogP) is 2.53. The Hall–Kier alpha value is -1.38. The van der Waals surface area contributed by atoms with E-state index in [0.29, 0.717) is 12.3 Å². The molecule has 1 saturated heterocycles. The largest absolute Gasteiger partial charge is 0.335 e. The molecule has 2 N–H and O–H groups in total. The maximum Gasteiger partial charge on any atom is 0.230 e. The lowest BCUT2D eigenvalue weighted by molar-refractivity contribution is -0.898. The lowest BCUT2D eigenvalue weighted by atomic mass is 9.89. The number of fused-ring (bicyclic) bond motifs is 1. The number of quaternary nitrogens is 1. The molecular formula is C19H28N3OS+. The number of hydrogen-bond donors (Lipinski definition) is 2. The highest BCUT2D eigenvalue weighted by Crippen LogP contribution is 2.39. The van der Waals surface area contributed by atoms with Crippen molar-refractivity contribution in [1.82, 2.24) is 0 Å². The van der Waals surface area contributed by atoms with Gasteiger partial charge < -0.3 is 10.2 Å². The number of nitrogens with one attached hydrogen (secondary N) is 2. The van der Waals surface area contributed by atoms with Crippen molar-refractivity contribution in [2.24, 2.45) is 5.92 Å². The number of carbonyl (C=O) groups excluding carboxylic acids is 1. The van der Waals surface area contributed by atoms with Crippen LogP contribution in [0.4, 0.5) is 5.00 Å². The zero-order valence-electron chi connectivity index (χ0n) is 14.6. The van der Waals surface area contributed by atoms with Gasteiger partial charge >= 0.3 is 0 Å². The number of amides is 1. The summed E-state index contributed by atoms with van der Waals surface area (Å²) in [4.78, 5) is 15.2. The van der Waals surface area contributed by atoms with E-state index in [1.807, 2.05) is 0 Å². The van der Waals surface area contributed by atoms with Gasteiger partial charge in [-0.1, -0.05) is 6.92 Å². The van der Waals surface area contributed by atoms with Crippen molar-refractivity contribution in [1.29, 1.82) is 5.26 Å². The molecule has 0 bridgehead atoms. The molecule has 2 heterocycles. The Morgan fingerprint density at radius 1 is 1.33 bits per heavy atom. The van der Waals surface area contributed by atoms with Crippen molar-refractivity contribution < 1.29 is 9.69 Å². The van der Waals surface area contributed by atoms with Crippen molar-refractivity contribution >= 4 is 22.2 Å². The summed E-state index contributed by atoms with van der Waals surface area (Å²) < 4.78 is 0. The van der Waals surface area contributed by atoms with Crippen molar-refractivity contribution in [3.8, 4) is 6.07 Å². The second kappa shape index (κ2) is 8.13. The van der Waals surface area contributed by atoms with Crippen LogP contribution in [0.5, 0.6) is 0 Å². The van der Waals surface area contributed by atoms with Gasteiger partial charge in [-0.05, 0) is 56.4 Å². The summed E-state index contributed by atoms with van der Waals surface area (Å²) in [7, 11) is 0. The maximum absolute atomic E-state index is 12.4. The fourth-order valence-corrected chi connectivity index (χ4v) is 5.29. The van der Waals surface area contributed by atoms with Crippen molar-refractivity contribution in [2.75, 3.05) is 25.0 Å². The van der Waals surface area contributed by atoms with Gasteiger partial charge in [0.1, 0.15) is 11.1 Å². The molecule has 4 nitrogen and oxygen atoms in total. The van der Waals surface area contributed by atoms with Crippen LogP contribution in [0.3, 0.4) is 0 Å². The van der Waals surface area contributed by atoms with Crippen LogP contribution in [0.15, 0.2) is 0 Å². The zero-order chi connectivity index (χ0) is 16.9. The first-order chi connectivity index (χ1) is 11.7. The lowest BCUT2D eigenvalue weighted by Crippen LogP contribution is -3.12. The Morgan fingerprint density at radius 2 is 2.08 bits per heavy atom. The first kappa shape index (κ1) is 17.4. The number of likely N-dealkylation sites (tertiary alicyclic amines) is 1. The van der Waals surface area contributed by atoms with E-state index in [9.17, 15) is 10.1 Å². The molecule has 1 aromatic rings. The van der Waals surface area contributed by atoms with E-state index in [1.54, 1.807) is 16.2 Å². The van der Waals surface area contributed by atoms with E-state index in [0.717, 1.165) is 36.4 Å². The fourth-order valence-electron chi connectivity index (χ4n) is 3.92. The van der Waals surface area contributed by atoms with Crippen LogP contribution in [0, 0.1) is 17.2 Å². The summed E-state index contributed by atoms with van der Waals surface area (Å²) in [5.74, 6) is 0.743. The minimum atomic E-state index is 0.0647. The molecular weight excluding hydrogens is 318 g/mol. The number of hydrogen-bond acceptors (Lipinski definition) is 3. The monoisotopic (exact) mass is 346 g/mol. The van der Waals surface area contributed by atoms with E-state index in [4.69, 9.17) is 0 Å². The molecule has 0 spiro atoms. The molecule has 2 aliphatic rings.